The Morgan fingerprint density at radius 3 is 2.68 bits per heavy atom. The Kier molecular flexibility index (Phi) is 2.39. The number of nitrogens with zero attached hydrogens (tertiary/aromatic N) is 1. The average molecular weight is 269 g/mol. The van der Waals surface area contributed by atoms with E-state index in [-0.39, 0.29) is 0 Å². The van der Waals surface area contributed by atoms with Crippen LogP contribution in [0.4, 0.5) is 13.2 Å². The molecule has 0 spiro atoms. The lowest BCUT2D eigenvalue weighted by Gasteiger charge is -2.12. The minimum absolute atomic E-state index is 0.342. The van der Waals surface area contributed by atoms with Gasteiger partial charge in [-0.1, -0.05) is 6.07 Å². The molecule has 0 saturated heterocycles. The summed E-state index contributed by atoms with van der Waals surface area (Å²) in [5, 5.41) is 9.77. The molecule has 0 fully saturated rings. The molecule has 19 heavy (non-hydrogen) atoms. The second-order valence-corrected chi connectivity index (χ2v) is 4.67. The Bertz CT molecular complexity index is 672. The molecule has 0 amide bonds. The van der Waals surface area contributed by atoms with Gasteiger partial charge >= 0.3 is 12.1 Å². The zero-order valence-electron chi connectivity index (χ0n) is 9.74. The number of benzene rings is 1. The summed E-state index contributed by atoms with van der Waals surface area (Å²) < 4.78 is 39.6. The maximum atomic E-state index is 12.7. The highest BCUT2D eigenvalue weighted by atomic mass is 19.4. The second kappa shape index (κ2) is 3.76. The second-order valence-electron chi connectivity index (χ2n) is 4.67. The summed E-state index contributed by atoms with van der Waals surface area (Å²) in [4.78, 5) is 11.1. The highest BCUT2D eigenvalue weighted by molar-refractivity contribution is 5.85. The largest absolute Gasteiger partial charge is 0.480 e. The SMILES string of the molecule is O=C(O)C1CCc2cc3ccc(C(F)(F)F)cc3n21. The highest BCUT2D eigenvalue weighted by Crippen LogP contribution is 2.37. The van der Waals surface area contributed by atoms with Gasteiger partial charge in [0.25, 0.3) is 0 Å². The quantitative estimate of drug-likeness (QED) is 0.863. The van der Waals surface area contributed by atoms with Crippen molar-refractivity contribution in [1.29, 1.82) is 0 Å². The van der Waals surface area contributed by atoms with Gasteiger partial charge in [-0.3, -0.25) is 0 Å². The number of aryl methyl sites for hydroxylation is 1. The fourth-order valence-electron chi connectivity index (χ4n) is 2.66. The van der Waals surface area contributed by atoms with Crippen molar-refractivity contribution < 1.29 is 23.1 Å². The van der Waals surface area contributed by atoms with Crippen LogP contribution in [-0.2, 0) is 17.4 Å². The maximum absolute atomic E-state index is 12.7. The number of carboxylic acid groups (broad SMARTS) is 1. The smallest absolute Gasteiger partial charge is 0.416 e. The summed E-state index contributed by atoms with van der Waals surface area (Å²) in [5.41, 5.74) is 0.369. The fraction of sp³-hybridized carbons (Fsp3) is 0.308. The third-order valence-electron chi connectivity index (χ3n) is 3.52. The van der Waals surface area contributed by atoms with Crippen LogP contribution in [-0.4, -0.2) is 15.6 Å². The minimum atomic E-state index is -4.42. The Hall–Kier alpha value is -1.98. The lowest BCUT2D eigenvalue weighted by molar-refractivity contribution is -0.140. The van der Waals surface area contributed by atoms with Crippen molar-refractivity contribution in [3.05, 3.63) is 35.5 Å². The molecule has 3 rings (SSSR count). The van der Waals surface area contributed by atoms with E-state index in [1.165, 1.54) is 10.6 Å². The molecule has 0 bridgehead atoms. The molecule has 1 aromatic heterocycles. The van der Waals surface area contributed by atoms with Crippen molar-refractivity contribution in [3.63, 3.8) is 0 Å². The number of carbonyl (C=O) groups is 1. The third-order valence-corrected chi connectivity index (χ3v) is 3.52. The number of aliphatic carboxylic acids is 1. The van der Waals surface area contributed by atoms with Crippen molar-refractivity contribution in [3.8, 4) is 0 Å². The van der Waals surface area contributed by atoms with E-state index in [1.807, 2.05) is 0 Å². The Morgan fingerprint density at radius 1 is 1.32 bits per heavy atom. The zero-order chi connectivity index (χ0) is 13.8. The predicted octanol–water partition coefficient (Wildman–Crippen LogP) is 3.23. The van der Waals surface area contributed by atoms with Crippen LogP contribution >= 0.6 is 0 Å². The molecule has 1 aliphatic heterocycles. The van der Waals surface area contributed by atoms with E-state index in [0.29, 0.717) is 23.7 Å². The summed E-state index contributed by atoms with van der Waals surface area (Å²) in [6.07, 6.45) is -3.42. The van der Waals surface area contributed by atoms with E-state index in [4.69, 9.17) is 5.11 Å². The van der Waals surface area contributed by atoms with E-state index in [0.717, 1.165) is 17.8 Å². The van der Waals surface area contributed by atoms with Gasteiger partial charge < -0.3 is 9.67 Å². The van der Waals surface area contributed by atoms with Crippen molar-refractivity contribution in [2.45, 2.75) is 25.1 Å². The molecule has 1 atom stereocenters. The molecule has 0 radical (unpaired) electrons. The number of fused-ring (bicyclic) bond motifs is 3. The van der Waals surface area contributed by atoms with E-state index in [1.54, 1.807) is 6.07 Å². The standard InChI is InChI=1S/C13H10F3NO2/c14-13(15,16)8-2-1-7-5-9-3-4-10(12(18)19)17(9)11(7)6-8/h1-2,5-6,10H,3-4H2,(H,18,19). The Balaban J connectivity index is 2.23. The molecular weight excluding hydrogens is 259 g/mol. The van der Waals surface area contributed by atoms with E-state index < -0.39 is 23.8 Å². The molecule has 1 aromatic carbocycles. The monoisotopic (exact) mass is 269 g/mol. The van der Waals surface area contributed by atoms with E-state index in [2.05, 4.69) is 0 Å². The van der Waals surface area contributed by atoms with Gasteiger partial charge in [0.1, 0.15) is 6.04 Å². The van der Waals surface area contributed by atoms with Gasteiger partial charge in [-0.2, -0.15) is 13.2 Å². The van der Waals surface area contributed by atoms with E-state index in [9.17, 15) is 18.0 Å². The van der Waals surface area contributed by atoms with Gasteiger partial charge in [0.05, 0.1) is 5.56 Å². The molecule has 6 heteroatoms. The Morgan fingerprint density at radius 2 is 2.05 bits per heavy atom. The molecule has 0 saturated carbocycles. The van der Waals surface area contributed by atoms with Crippen LogP contribution in [0, 0.1) is 0 Å². The topological polar surface area (TPSA) is 42.2 Å². The summed E-state index contributed by atoms with van der Waals surface area (Å²) in [6.45, 7) is 0. The molecule has 1 N–H and O–H groups in total. The number of hydrogen-bond acceptors (Lipinski definition) is 1. The van der Waals surface area contributed by atoms with Crippen LogP contribution in [0.1, 0.15) is 23.7 Å². The first kappa shape index (κ1) is 12.1. The van der Waals surface area contributed by atoms with E-state index >= 15 is 0 Å². The summed E-state index contributed by atoms with van der Waals surface area (Å²) in [6, 6.07) is 4.44. The average Bonchev–Trinajstić information content (AvgIpc) is 2.84. The van der Waals surface area contributed by atoms with Crippen molar-refractivity contribution in [1.82, 2.24) is 4.57 Å². The lowest BCUT2D eigenvalue weighted by atomic mass is 10.1. The van der Waals surface area contributed by atoms with Gasteiger partial charge in [-0.15, -0.1) is 0 Å². The first-order valence-corrected chi connectivity index (χ1v) is 5.82. The fourth-order valence-corrected chi connectivity index (χ4v) is 2.66. The molecule has 0 aliphatic carbocycles. The van der Waals surface area contributed by atoms with Crippen molar-refractivity contribution in [2.75, 3.05) is 0 Å². The van der Waals surface area contributed by atoms with Gasteiger partial charge in [0, 0.05) is 11.2 Å². The maximum Gasteiger partial charge on any atom is 0.416 e. The van der Waals surface area contributed by atoms with Crippen LogP contribution in [0.5, 0.6) is 0 Å². The summed E-state index contributed by atoms with van der Waals surface area (Å²) in [7, 11) is 0. The van der Waals surface area contributed by atoms with Gasteiger partial charge in [0.15, 0.2) is 0 Å². The number of hydrogen-bond donors (Lipinski definition) is 1. The third kappa shape index (κ3) is 1.78. The molecule has 3 nitrogen and oxygen atoms in total. The molecule has 2 aromatic rings. The Labute approximate surface area is 106 Å². The first-order chi connectivity index (χ1) is 8.88. The number of carboxylic acids is 1. The van der Waals surface area contributed by atoms with Crippen molar-refractivity contribution >= 4 is 16.9 Å². The van der Waals surface area contributed by atoms with Crippen LogP contribution in [0.15, 0.2) is 24.3 Å². The zero-order valence-corrected chi connectivity index (χ0v) is 9.74. The minimum Gasteiger partial charge on any atom is -0.480 e. The summed E-state index contributed by atoms with van der Waals surface area (Å²) >= 11 is 0. The molecular formula is C13H10F3NO2. The number of alkyl halides is 3. The predicted molar refractivity (Wildman–Crippen MR) is 61.9 cm³/mol. The summed E-state index contributed by atoms with van der Waals surface area (Å²) in [5.74, 6) is -1.01. The number of rotatable bonds is 1. The highest BCUT2D eigenvalue weighted by Gasteiger charge is 2.33. The van der Waals surface area contributed by atoms with Gasteiger partial charge in [0.2, 0.25) is 0 Å². The van der Waals surface area contributed by atoms with Crippen LogP contribution in [0.25, 0.3) is 10.9 Å². The van der Waals surface area contributed by atoms with Crippen LogP contribution in [0.3, 0.4) is 0 Å². The molecule has 1 aliphatic rings. The normalized spacial score (nSPS) is 18.8. The van der Waals surface area contributed by atoms with Gasteiger partial charge in [-0.25, -0.2) is 4.79 Å². The lowest BCUT2D eigenvalue weighted by Crippen LogP contribution is -2.15. The van der Waals surface area contributed by atoms with Crippen LogP contribution < -0.4 is 0 Å². The van der Waals surface area contributed by atoms with Crippen LogP contribution in [0.2, 0.25) is 0 Å². The molecule has 100 valence electrons. The van der Waals surface area contributed by atoms with Gasteiger partial charge in [-0.05, 0) is 36.4 Å². The molecule has 2 heterocycles. The number of halogens is 3. The molecule has 1 unspecified atom stereocenters. The first-order valence-electron chi connectivity index (χ1n) is 5.82. The number of aromatic nitrogens is 1. The van der Waals surface area contributed by atoms with Crippen molar-refractivity contribution in [2.24, 2.45) is 0 Å².